The number of carbonyl (C=O) groups is 1. The molecule has 0 spiro atoms. The summed E-state index contributed by atoms with van der Waals surface area (Å²) in [5, 5.41) is 19.1. The molecule has 39 heavy (non-hydrogen) atoms. The van der Waals surface area contributed by atoms with Gasteiger partial charge in [0.1, 0.15) is 16.5 Å². The molecule has 1 amide bonds. The van der Waals surface area contributed by atoms with Crippen LogP contribution in [0.2, 0.25) is 10.0 Å². The van der Waals surface area contributed by atoms with E-state index in [1.807, 2.05) is 0 Å². The van der Waals surface area contributed by atoms with E-state index in [0.29, 0.717) is 9.39 Å². The van der Waals surface area contributed by atoms with Crippen molar-refractivity contribution in [1.29, 1.82) is 0 Å². The predicted molar refractivity (Wildman–Crippen MR) is 137 cm³/mol. The molecule has 0 saturated heterocycles. The molecule has 0 aliphatic heterocycles. The first kappa shape index (κ1) is 26.3. The summed E-state index contributed by atoms with van der Waals surface area (Å²) in [6.07, 6.45) is -2.18. The van der Waals surface area contributed by atoms with Crippen molar-refractivity contribution in [1.82, 2.24) is 19.6 Å². The van der Waals surface area contributed by atoms with Crippen LogP contribution in [0.1, 0.15) is 16.2 Å². The van der Waals surface area contributed by atoms with Gasteiger partial charge in [-0.2, -0.15) is 18.3 Å². The average Bonchev–Trinajstić information content (AvgIpc) is 3.51. The van der Waals surface area contributed by atoms with Crippen LogP contribution >= 0.6 is 34.5 Å². The number of alkyl halides is 3. The first-order valence-corrected chi connectivity index (χ1v) is 12.2. The molecular formula is C23H11Cl2F3N6O4S. The Labute approximate surface area is 229 Å². The number of carbonyl (C=O) groups excluding carboxylic acids is 1. The van der Waals surface area contributed by atoms with Gasteiger partial charge in [-0.25, -0.2) is 9.50 Å². The van der Waals surface area contributed by atoms with Crippen molar-refractivity contribution in [3.63, 3.8) is 0 Å². The highest BCUT2D eigenvalue weighted by Gasteiger charge is 2.37. The summed E-state index contributed by atoms with van der Waals surface area (Å²) in [6.45, 7) is 0. The highest BCUT2D eigenvalue weighted by Crippen LogP contribution is 2.36. The number of fused-ring (bicyclic) bond motifs is 1. The molecule has 198 valence electrons. The van der Waals surface area contributed by atoms with Crippen LogP contribution in [-0.2, 0) is 6.18 Å². The highest BCUT2D eigenvalue weighted by molar-refractivity contribution is 7.13. The third-order valence-corrected chi connectivity index (χ3v) is 6.53. The van der Waals surface area contributed by atoms with Crippen LogP contribution in [0.4, 0.5) is 24.5 Å². The maximum absolute atomic E-state index is 13.9. The Morgan fingerprint density at radius 1 is 1.13 bits per heavy atom. The summed E-state index contributed by atoms with van der Waals surface area (Å²) in [7, 11) is 0. The molecule has 16 heteroatoms. The van der Waals surface area contributed by atoms with E-state index in [1.54, 1.807) is 17.5 Å². The number of nitro groups is 1. The number of nitro benzene ring substituents is 1. The Balaban J connectivity index is 1.53. The summed E-state index contributed by atoms with van der Waals surface area (Å²) in [5.41, 5.74) is -2.73. The molecule has 0 aliphatic rings. The zero-order valence-electron chi connectivity index (χ0n) is 18.9. The van der Waals surface area contributed by atoms with Crippen LogP contribution in [0, 0.1) is 10.1 Å². The Morgan fingerprint density at radius 3 is 2.59 bits per heavy atom. The van der Waals surface area contributed by atoms with Crippen LogP contribution in [0.5, 0.6) is 11.5 Å². The Kier molecular flexibility index (Phi) is 6.84. The molecule has 5 aromatic rings. The molecule has 10 nitrogen and oxygen atoms in total. The third-order valence-electron chi connectivity index (χ3n) is 5.09. The van der Waals surface area contributed by atoms with Gasteiger partial charge in [0.2, 0.25) is 0 Å². The van der Waals surface area contributed by atoms with Gasteiger partial charge in [-0.3, -0.25) is 19.9 Å². The maximum Gasteiger partial charge on any atom is 0.433 e. The van der Waals surface area contributed by atoms with Crippen molar-refractivity contribution >= 4 is 57.5 Å². The Morgan fingerprint density at radius 2 is 1.92 bits per heavy atom. The fourth-order valence-corrected chi connectivity index (χ4v) is 4.58. The zero-order valence-corrected chi connectivity index (χ0v) is 21.3. The van der Waals surface area contributed by atoms with Crippen molar-refractivity contribution in [2.75, 3.05) is 5.32 Å². The molecule has 0 unspecified atom stereocenters. The fourth-order valence-electron chi connectivity index (χ4n) is 3.48. The number of non-ortho nitro benzene ring substituents is 1. The molecular weight excluding hydrogens is 584 g/mol. The lowest BCUT2D eigenvalue weighted by molar-refractivity contribution is -0.384. The first-order valence-electron chi connectivity index (χ1n) is 10.6. The minimum atomic E-state index is -4.85. The van der Waals surface area contributed by atoms with Crippen LogP contribution in [0.15, 0.2) is 60.2 Å². The van der Waals surface area contributed by atoms with Gasteiger partial charge in [0.05, 0.1) is 38.5 Å². The Hall–Kier alpha value is -4.27. The largest absolute Gasteiger partial charge is 0.455 e. The molecule has 5 rings (SSSR count). The molecule has 4 aromatic heterocycles. The van der Waals surface area contributed by atoms with Gasteiger partial charge in [-0.05, 0) is 17.5 Å². The van der Waals surface area contributed by atoms with E-state index < -0.39 is 44.8 Å². The number of hydrogen-bond acceptors (Lipinski definition) is 8. The van der Waals surface area contributed by atoms with Crippen LogP contribution in [-0.4, -0.2) is 30.4 Å². The van der Waals surface area contributed by atoms with Crippen molar-refractivity contribution in [3.05, 3.63) is 91.8 Å². The SMILES string of the molecule is O=C(Nc1cc(Oc2cncc(Cl)c2)cc([N+](=O)[O-])c1)c1nn2c(C(F)(F)F)cc(-c3cccs3)nc2c1Cl. The fraction of sp³-hybridized carbons (Fsp3) is 0.0435. The number of halogens is 5. The van der Waals surface area contributed by atoms with E-state index in [9.17, 15) is 28.1 Å². The molecule has 0 bridgehead atoms. The van der Waals surface area contributed by atoms with Gasteiger partial charge in [-0.15, -0.1) is 11.3 Å². The molecule has 1 aromatic carbocycles. The zero-order chi connectivity index (χ0) is 27.9. The lowest BCUT2D eigenvalue weighted by Gasteiger charge is -2.10. The second-order valence-electron chi connectivity index (χ2n) is 7.77. The van der Waals surface area contributed by atoms with E-state index in [2.05, 4.69) is 20.4 Å². The van der Waals surface area contributed by atoms with Crippen molar-refractivity contribution in [2.24, 2.45) is 0 Å². The number of thiophene rings is 1. The molecule has 0 aliphatic carbocycles. The standard InChI is InChI=1S/C23H11Cl2F3N6O4S/c24-11-4-15(10-29-9-11)38-14-6-12(5-13(7-14)34(36)37)30-22(35)20-19(25)21-31-16(17-2-1-3-39-17)8-18(23(26,27)28)33(21)32-20/h1-10H,(H,30,35). The topological polar surface area (TPSA) is 125 Å². The van der Waals surface area contributed by atoms with Gasteiger partial charge in [0.15, 0.2) is 17.0 Å². The normalized spacial score (nSPS) is 11.5. The predicted octanol–water partition coefficient (Wildman–Crippen LogP) is 7.13. The minimum absolute atomic E-state index is 0.00503. The van der Waals surface area contributed by atoms with Gasteiger partial charge >= 0.3 is 6.18 Å². The average molecular weight is 595 g/mol. The number of pyridine rings is 1. The van der Waals surface area contributed by atoms with Crippen LogP contribution in [0.3, 0.4) is 0 Å². The number of benzene rings is 1. The van der Waals surface area contributed by atoms with Gasteiger partial charge < -0.3 is 10.1 Å². The van der Waals surface area contributed by atoms with E-state index in [1.165, 1.54) is 35.9 Å². The summed E-state index contributed by atoms with van der Waals surface area (Å²) < 4.78 is 47.6. The lowest BCUT2D eigenvalue weighted by Crippen LogP contribution is -2.16. The van der Waals surface area contributed by atoms with E-state index in [-0.39, 0.29) is 27.9 Å². The number of nitrogens with zero attached hydrogens (tertiary/aromatic N) is 5. The van der Waals surface area contributed by atoms with E-state index >= 15 is 0 Å². The molecule has 0 fully saturated rings. The van der Waals surface area contributed by atoms with Crippen molar-refractivity contribution < 1.29 is 27.6 Å². The van der Waals surface area contributed by atoms with Crippen LogP contribution in [0.25, 0.3) is 16.2 Å². The molecule has 1 N–H and O–H groups in total. The van der Waals surface area contributed by atoms with Gasteiger partial charge in [0.25, 0.3) is 11.6 Å². The molecule has 0 radical (unpaired) electrons. The minimum Gasteiger partial charge on any atom is -0.455 e. The number of aromatic nitrogens is 4. The highest BCUT2D eigenvalue weighted by atomic mass is 35.5. The number of ether oxygens (including phenoxy) is 1. The maximum atomic E-state index is 13.9. The number of amides is 1. The monoisotopic (exact) mass is 594 g/mol. The number of nitrogens with one attached hydrogen (secondary N) is 1. The first-order chi connectivity index (χ1) is 18.5. The number of hydrogen-bond donors (Lipinski definition) is 1. The quantitative estimate of drug-likeness (QED) is 0.164. The van der Waals surface area contributed by atoms with Crippen molar-refractivity contribution in [3.8, 4) is 22.1 Å². The second-order valence-corrected chi connectivity index (χ2v) is 9.53. The summed E-state index contributed by atoms with van der Waals surface area (Å²) in [4.78, 5) is 32.3. The summed E-state index contributed by atoms with van der Waals surface area (Å²) >= 11 is 13.3. The summed E-state index contributed by atoms with van der Waals surface area (Å²) in [6, 6.07) is 8.83. The lowest BCUT2D eigenvalue weighted by atomic mass is 10.2. The number of anilines is 1. The van der Waals surface area contributed by atoms with Crippen LogP contribution < -0.4 is 10.1 Å². The summed E-state index contributed by atoms with van der Waals surface area (Å²) in [5.74, 6) is -0.922. The van der Waals surface area contributed by atoms with E-state index in [0.717, 1.165) is 18.2 Å². The molecule has 0 atom stereocenters. The number of rotatable bonds is 6. The Bertz CT molecular complexity index is 1740. The molecule has 4 heterocycles. The third kappa shape index (κ3) is 5.48. The second kappa shape index (κ2) is 10.1. The smallest absolute Gasteiger partial charge is 0.433 e. The van der Waals surface area contributed by atoms with E-state index in [4.69, 9.17) is 27.9 Å². The van der Waals surface area contributed by atoms with Gasteiger partial charge in [-0.1, -0.05) is 29.3 Å². The van der Waals surface area contributed by atoms with Crippen molar-refractivity contribution in [2.45, 2.75) is 6.18 Å². The molecule has 0 saturated carbocycles. The van der Waals surface area contributed by atoms with Gasteiger partial charge in [0, 0.05) is 24.4 Å².